The molecule has 3 aromatic rings. The van der Waals surface area contributed by atoms with E-state index in [1.54, 1.807) is 23.3 Å². The zero-order valence-electron chi connectivity index (χ0n) is 7.29. The van der Waals surface area contributed by atoms with E-state index in [1.807, 2.05) is 24.4 Å². The first-order valence-electron chi connectivity index (χ1n) is 4.27. The average Bonchev–Trinajstić information content (AvgIpc) is 2.88. The Bertz CT molecular complexity index is 554. The zero-order valence-corrected chi connectivity index (χ0v) is 7.29. The van der Waals surface area contributed by atoms with Gasteiger partial charge in [0.25, 0.3) is 0 Å². The largest absolute Gasteiger partial charge is 0.464 e. The number of nitrogens with zero attached hydrogens (tertiary/aromatic N) is 3. The van der Waals surface area contributed by atoms with Gasteiger partial charge >= 0.3 is 0 Å². The summed E-state index contributed by atoms with van der Waals surface area (Å²) in [6.07, 6.45) is 6.94. The molecule has 4 heteroatoms. The van der Waals surface area contributed by atoms with Crippen LogP contribution in [0.1, 0.15) is 0 Å². The second-order valence-corrected chi connectivity index (χ2v) is 2.92. The van der Waals surface area contributed by atoms with Gasteiger partial charge in [-0.25, -0.2) is 9.67 Å². The third-order valence-electron chi connectivity index (χ3n) is 2.08. The fourth-order valence-electron chi connectivity index (χ4n) is 1.46. The van der Waals surface area contributed by atoms with Crippen LogP contribution in [0.5, 0.6) is 0 Å². The third-order valence-corrected chi connectivity index (χ3v) is 2.08. The van der Waals surface area contributed by atoms with Crippen molar-refractivity contribution in [2.45, 2.75) is 0 Å². The van der Waals surface area contributed by atoms with Gasteiger partial charge in [-0.2, -0.15) is 5.10 Å². The van der Waals surface area contributed by atoms with Crippen molar-refractivity contribution in [1.29, 1.82) is 0 Å². The first-order valence-corrected chi connectivity index (χ1v) is 4.27. The normalized spacial score (nSPS) is 10.9. The monoisotopic (exact) mass is 185 g/mol. The molecule has 14 heavy (non-hydrogen) atoms. The highest BCUT2D eigenvalue weighted by atomic mass is 16.3. The van der Waals surface area contributed by atoms with Gasteiger partial charge in [-0.05, 0) is 18.2 Å². The van der Waals surface area contributed by atoms with Crippen LogP contribution in [0.4, 0.5) is 0 Å². The number of hydrogen-bond donors (Lipinski definition) is 0. The molecular weight excluding hydrogens is 178 g/mol. The summed E-state index contributed by atoms with van der Waals surface area (Å²) >= 11 is 0. The molecule has 0 radical (unpaired) electrons. The standard InChI is InChI=1S/C10H7N3O/c1-4-12-13(6-1)10-8-3-7-14-9(8)2-5-11-10/h1-7H. The lowest BCUT2D eigenvalue weighted by Gasteiger charge is -1.99. The number of aromatic nitrogens is 3. The van der Waals surface area contributed by atoms with Crippen molar-refractivity contribution < 1.29 is 4.42 Å². The Morgan fingerprint density at radius 1 is 1.21 bits per heavy atom. The van der Waals surface area contributed by atoms with Gasteiger partial charge in [-0.3, -0.25) is 0 Å². The number of hydrogen-bond acceptors (Lipinski definition) is 3. The van der Waals surface area contributed by atoms with E-state index in [1.165, 1.54) is 0 Å². The number of rotatable bonds is 1. The van der Waals surface area contributed by atoms with Gasteiger partial charge < -0.3 is 4.42 Å². The smallest absolute Gasteiger partial charge is 0.164 e. The topological polar surface area (TPSA) is 43.9 Å². The van der Waals surface area contributed by atoms with Crippen LogP contribution in [-0.2, 0) is 0 Å². The predicted octanol–water partition coefficient (Wildman–Crippen LogP) is 2.01. The number of pyridine rings is 1. The SMILES string of the molecule is c1cnn(-c2nccc3occc23)c1. The highest BCUT2D eigenvalue weighted by molar-refractivity contribution is 5.83. The molecular formula is C10H7N3O. The first-order chi connectivity index (χ1) is 6.95. The fraction of sp³-hybridized carbons (Fsp3) is 0. The Labute approximate surface area is 79.8 Å². The second-order valence-electron chi connectivity index (χ2n) is 2.92. The molecule has 0 aliphatic heterocycles. The van der Waals surface area contributed by atoms with Crippen molar-refractivity contribution >= 4 is 11.0 Å². The van der Waals surface area contributed by atoms with Crippen molar-refractivity contribution in [3.05, 3.63) is 43.1 Å². The summed E-state index contributed by atoms with van der Waals surface area (Å²) in [5.41, 5.74) is 0.825. The fourth-order valence-corrected chi connectivity index (χ4v) is 1.46. The molecule has 0 amide bonds. The molecule has 0 aromatic carbocycles. The molecule has 0 fully saturated rings. The van der Waals surface area contributed by atoms with Gasteiger partial charge in [-0.1, -0.05) is 0 Å². The molecule has 3 rings (SSSR count). The maximum Gasteiger partial charge on any atom is 0.164 e. The second kappa shape index (κ2) is 2.70. The van der Waals surface area contributed by atoms with E-state index in [2.05, 4.69) is 10.1 Å². The highest BCUT2D eigenvalue weighted by Gasteiger charge is 2.05. The molecule has 3 heterocycles. The Morgan fingerprint density at radius 2 is 2.21 bits per heavy atom. The Morgan fingerprint density at radius 3 is 3.07 bits per heavy atom. The Balaban J connectivity index is 2.36. The number of furan rings is 1. The molecule has 0 atom stereocenters. The molecule has 0 unspecified atom stereocenters. The van der Waals surface area contributed by atoms with Crippen molar-refractivity contribution in [2.24, 2.45) is 0 Å². The van der Waals surface area contributed by atoms with Crippen LogP contribution in [0, 0.1) is 0 Å². The highest BCUT2D eigenvalue weighted by Crippen LogP contribution is 2.19. The van der Waals surface area contributed by atoms with Gasteiger partial charge in [-0.15, -0.1) is 0 Å². The maximum atomic E-state index is 5.28. The van der Waals surface area contributed by atoms with E-state index in [0.717, 1.165) is 16.8 Å². The summed E-state index contributed by atoms with van der Waals surface area (Å²) in [5, 5.41) is 5.10. The van der Waals surface area contributed by atoms with Crippen LogP contribution >= 0.6 is 0 Å². The molecule has 3 aromatic heterocycles. The zero-order chi connectivity index (χ0) is 9.38. The summed E-state index contributed by atoms with van der Waals surface area (Å²) in [5.74, 6) is 0.793. The molecule has 0 aliphatic carbocycles. The van der Waals surface area contributed by atoms with Crippen LogP contribution in [0.2, 0.25) is 0 Å². The van der Waals surface area contributed by atoms with Crippen molar-refractivity contribution in [1.82, 2.24) is 14.8 Å². The molecule has 0 bridgehead atoms. The minimum Gasteiger partial charge on any atom is -0.464 e. The summed E-state index contributed by atoms with van der Waals surface area (Å²) in [4.78, 5) is 4.26. The van der Waals surface area contributed by atoms with E-state index >= 15 is 0 Å². The Kier molecular flexibility index (Phi) is 1.41. The molecule has 0 N–H and O–H groups in total. The van der Waals surface area contributed by atoms with Crippen molar-refractivity contribution in [3.63, 3.8) is 0 Å². The minimum absolute atomic E-state index is 0.793. The maximum absolute atomic E-state index is 5.28. The van der Waals surface area contributed by atoms with Crippen molar-refractivity contribution in [2.75, 3.05) is 0 Å². The van der Waals surface area contributed by atoms with Gasteiger partial charge in [0, 0.05) is 18.6 Å². The van der Waals surface area contributed by atoms with Crippen LogP contribution in [-0.4, -0.2) is 14.8 Å². The Hall–Kier alpha value is -2.10. The van der Waals surface area contributed by atoms with E-state index in [-0.39, 0.29) is 0 Å². The predicted molar refractivity (Wildman–Crippen MR) is 51.1 cm³/mol. The average molecular weight is 185 g/mol. The third kappa shape index (κ3) is 0.939. The summed E-state index contributed by atoms with van der Waals surface area (Å²) in [6.45, 7) is 0. The molecule has 0 saturated carbocycles. The number of fused-ring (bicyclic) bond motifs is 1. The lowest BCUT2D eigenvalue weighted by molar-refractivity contribution is 0.615. The minimum atomic E-state index is 0.793. The summed E-state index contributed by atoms with van der Waals surface area (Å²) < 4.78 is 7.00. The molecule has 4 nitrogen and oxygen atoms in total. The van der Waals surface area contributed by atoms with Gasteiger partial charge in [0.2, 0.25) is 0 Å². The van der Waals surface area contributed by atoms with Gasteiger partial charge in [0.1, 0.15) is 5.58 Å². The molecule has 0 saturated heterocycles. The molecule has 0 spiro atoms. The van der Waals surface area contributed by atoms with Gasteiger partial charge in [0.15, 0.2) is 5.82 Å². The van der Waals surface area contributed by atoms with Gasteiger partial charge in [0.05, 0.1) is 11.6 Å². The van der Waals surface area contributed by atoms with E-state index in [9.17, 15) is 0 Å². The summed E-state index contributed by atoms with van der Waals surface area (Å²) in [6, 6.07) is 5.59. The van der Waals surface area contributed by atoms with E-state index in [0.29, 0.717) is 0 Å². The lowest BCUT2D eigenvalue weighted by atomic mass is 10.3. The van der Waals surface area contributed by atoms with Crippen LogP contribution < -0.4 is 0 Å². The van der Waals surface area contributed by atoms with E-state index in [4.69, 9.17) is 4.42 Å². The van der Waals surface area contributed by atoms with Crippen LogP contribution in [0.25, 0.3) is 16.8 Å². The van der Waals surface area contributed by atoms with Crippen LogP contribution in [0.3, 0.4) is 0 Å². The molecule has 0 aliphatic rings. The van der Waals surface area contributed by atoms with Crippen molar-refractivity contribution in [3.8, 4) is 5.82 Å². The summed E-state index contributed by atoms with van der Waals surface area (Å²) in [7, 11) is 0. The van der Waals surface area contributed by atoms with Crippen LogP contribution in [0.15, 0.2) is 47.5 Å². The quantitative estimate of drug-likeness (QED) is 0.582. The lowest BCUT2D eigenvalue weighted by Crippen LogP contribution is -1.97. The first kappa shape index (κ1) is 7.32. The molecule has 68 valence electrons. The van der Waals surface area contributed by atoms with E-state index < -0.39 is 0 Å².